The van der Waals surface area contributed by atoms with Gasteiger partial charge in [-0.1, -0.05) is 32.8 Å². The Labute approximate surface area is 105 Å². The van der Waals surface area contributed by atoms with Crippen molar-refractivity contribution in [3.63, 3.8) is 0 Å². The lowest BCUT2D eigenvalue weighted by Gasteiger charge is -2.41. The van der Waals surface area contributed by atoms with Crippen LogP contribution in [0.25, 0.3) is 0 Å². The van der Waals surface area contributed by atoms with Crippen molar-refractivity contribution in [3.05, 3.63) is 12.7 Å². The van der Waals surface area contributed by atoms with E-state index in [1.807, 2.05) is 4.90 Å². The zero-order valence-electron chi connectivity index (χ0n) is 11.3. The number of rotatable bonds is 6. The number of nitrogens with zero attached hydrogens (tertiary/aromatic N) is 1. The summed E-state index contributed by atoms with van der Waals surface area (Å²) in [5.41, 5.74) is 0.491. The summed E-state index contributed by atoms with van der Waals surface area (Å²) in [4.78, 5) is 13.9. The molecule has 1 aliphatic heterocycles. The van der Waals surface area contributed by atoms with E-state index in [0.29, 0.717) is 18.5 Å². The summed E-state index contributed by atoms with van der Waals surface area (Å²) in [5.74, 6) is 0.229. The van der Waals surface area contributed by atoms with Crippen molar-refractivity contribution in [2.24, 2.45) is 5.41 Å². The van der Waals surface area contributed by atoms with Crippen LogP contribution in [-0.2, 0) is 4.79 Å². The molecular formula is C14H26N2O. The van der Waals surface area contributed by atoms with Gasteiger partial charge in [0.2, 0.25) is 5.91 Å². The van der Waals surface area contributed by atoms with E-state index in [1.54, 1.807) is 6.08 Å². The lowest BCUT2D eigenvalue weighted by molar-refractivity contribution is -0.132. The van der Waals surface area contributed by atoms with Crippen molar-refractivity contribution in [2.75, 3.05) is 26.2 Å². The van der Waals surface area contributed by atoms with E-state index in [0.717, 1.165) is 25.9 Å². The maximum Gasteiger partial charge on any atom is 0.236 e. The molecule has 1 saturated heterocycles. The van der Waals surface area contributed by atoms with Crippen molar-refractivity contribution in [1.82, 2.24) is 10.2 Å². The van der Waals surface area contributed by atoms with E-state index in [9.17, 15) is 4.79 Å². The Balaban J connectivity index is 2.35. The van der Waals surface area contributed by atoms with Gasteiger partial charge in [-0.3, -0.25) is 4.79 Å². The Kier molecular flexibility index (Phi) is 5.69. The van der Waals surface area contributed by atoms with Crippen molar-refractivity contribution in [2.45, 2.75) is 39.5 Å². The van der Waals surface area contributed by atoms with Crippen LogP contribution >= 0.6 is 0 Å². The van der Waals surface area contributed by atoms with Gasteiger partial charge < -0.3 is 10.2 Å². The zero-order valence-corrected chi connectivity index (χ0v) is 11.3. The lowest BCUT2D eigenvalue weighted by atomic mass is 9.74. The predicted molar refractivity (Wildman–Crippen MR) is 71.9 cm³/mol. The molecule has 0 aromatic carbocycles. The first kappa shape index (κ1) is 14.2. The fourth-order valence-electron chi connectivity index (χ4n) is 2.58. The summed E-state index contributed by atoms with van der Waals surface area (Å²) in [6.45, 7) is 11.2. The van der Waals surface area contributed by atoms with Gasteiger partial charge in [0.15, 0.2) is 0 Å². The number of hydrogen-bond acceptors (Lipinski definition) is 2. The molecule has 3 nitrogen and oxygen atoms in total. The SMILES string of the molecule is C=CCNCC(=O)N1CCC(CC)(CC)CC1. The second kappa shape index (κ2) is 6.80. The standard InChI is InChI=1S/C14H26N2O/c1-4-9-15-12-13(17)16-10-7-14(5-2,6-3)8-11-16/h4,15H,1,5-12H2,2-3H3. The fourth-order valence-corrected chi connectivity index (χ4v) is 2.58. The summed E-state index contributed by atoms with van der Waals surface area (Å²) >= 11 is 0. The molecule has 98 valence electrons. The van der Waals surface area contributed by atoms with Gasteiger partial charge in [0, 0.05) is 19.6 Å². The molecule has 0 aliphatic carbocycles. The molecule has 17 heavy (non-hydrogen) atoms. The topological polar surface area (TPSA) is 32.3 Å². The van der Waals surface area contributed by atoms with E-state index < -0.39 is 0 Å². The first-order chi connectivity index (χ1) is 8.17. The maximum absolute atomic E-state index is 11.9. The molecule has 1 rings (SSSR count). The van der Waals surface area contributed by atoms with Crippen LogP contribution in [-0.4, -0.2) is 37.0 Å². The summed E-state index contributed by atoms with van der Waals surface area (Å²) in [5, 5.41) is 3.07. The van der Waals surface area contributed by atoms with Gasteiger partial charge in [0.1, 0.15) is 0 Å². The van der Waals surface area contributed by atoms with Crippen LogP contribution in [0.4, 0.5) is 0 Å². The van der Waals surface area contributed by atoms with E-state index in [1.165, 1.54) is 12.8 Å². The highest BCUT2D eigenvalue weighted by Crippen LogP contribution is 2.37. The van der Waals surface area contributed by atoms with Gasteiger partial charge in [-0.05, 0) is 18.3 Å². The van der Waals surface area contributed by atoms with Gasteiger partial charge in [-0.25, -0.2) is 0 Å². The Bertz CT molecular complexity index is 249. The second-order valence-corrected chi connectivity index (χ2v) is 5.01. The molecule has 3 heteroatoms. The quantitative estimate of drug-likeness (QED) is 0.568. The maximum atomic E-state index is 11.9. The van der Waals surface area contributed by atoms with E-state index in [4.69, 9.17) is 0 Å². The molecule has 1 aliphatic rings. The van der Waals surface area contributed by atoms with Crippen LogP contribution in [0.1, 0.15) is 39.5 Å². The molecule has 1 amide bonds. The number of carbonyl (C=O) groups is 1. The van der Waals surface area contributed by atoms with Crippen molar-refractivity contribution in [3.8, 4) is 0 Å². The Hall–Kier alpha value is -0.830. The molecule has 1 N–H and O–H groups in total. The summed E-state index contributed by atoms with van der Waals surface area (Å²) in [6.07, 6.45) is 6.57. The van der Waals surface area contributed by atoms with E-state index in [2.05, 4.69) is 25.7 Å². The van der Waals surface area contributed by atoms with Crippen LogP contribution < -0.4 is 5.32 Å². The number of carbonyl (C=O) groups excluding carboxylic acids is 1. The summed E-state index contributed by atoms with van der Waals surface area (Å²) < 4.78 is 0. The van der Waals surface area contributed by atoms with Crippen LogP contribution in [0.15, 0.2) is 12.7 Å². The molecule has 0 atom stereocenters. The normalized spacial score (nSPS) is 19.1. The monoisotopic (exact) mass is 238 g/mol. The minimum absolute atomic E-state index is 0.229. The number of likely N-dealkylation sites (tertiary alicyclic amines) is 1. The molecule has 0 spiro atoms. The third kappa shape index (κ3) is 3.84. The molecule has 0 unspecified atom stereocenters. The highest BCUT2D eigenvalue weighted by Gasteiger charge is 2.32. The first-order valence-electron chi connectivity index (χ1n) is 6.77. The van der Waals surface area contributed by atoms with Gasteiger partial charge >= 0.3 is 0 Å². The number of amides is 1. The molecule has 0 radical (unpaired) electrons. The third-order valence-electron chi connectivity index (χ3n) is 4.24. The number of nitrogens with one attached hydrogen (secondary N) is 1. The summed E-state index contributed by atoms with van der Waals surface area (Å²) in [7, 11) is 0. The minimum atomic E-state index is 0.229. The largest absolute Gasteiger partial charge is 0.342 e. The Morgan fingerprint density at radius 1 is 1.35 bits per heavy atom. The minimum Gasteiger partial charge on any atom is -0.342 e. The highest BCUT2D eigenvalue weighted by atomic mass is 16.2. The average Bonchev–Trinajstić information content (AvgIpc) is 2.39. The predicted octanol–water partition coefficient (Wildman–Crippen LogP) is 2.19. The number of piperidine rings is 1. The molecular weight excluding hydrogens is 212 g/mol. The molecule has 1 heterocycles. The van der Waals surface area contributed by atoms with Crippen LogP contribution in [0, 0.1) is 5.41 Å². The second-order valence-electron chi connectivity index (χ2n) is 5.01. The Morgan fingerprint density at radius 2 is 1.94 bits per heavy atom. The molecule has 0 saturated carbocycles. The van der Waals surface area contributed by atoms with Gasteiger partial charge in [0.25, 0.3) is 0 Å². The number of hydrogen-bond donors (Lipinski definition) is 1. The van der Waals surface area contributed by atoms with Crippen molar-refractivity contribution in [1.29, 1.82) is 0 Å². The highest BCUT2D eigenvalue weighted by molar-refractivity contribution is 5.78. The molecule has 0 bridgehead atoms. The van der Waals surface area contributed by atoms with E-state index in [-0.39, 0.29) is 5.91 Å². The molecule has 0 aromatic heterocycles. The third-order valence-corrected chi connectivity index (χ3v) is 4.24. The Morgan fingerprint density at radius 3 is 2.41 bits per heavy atom. The zero-order chi connectivity index (χ0) is 12.7. The van der Waals surface area contributed by atoms with Crippen LogP contribution in [0.2, 0.25) is 0 Å². The summed E-state index contributed by atoms with van der Waals surface area (Å²) in [6, 6.07) is 0. The van der Waals surface area contributed by atoms with Gasteiger partial charge in [-0.15, -0.1) is 6.58 Å². The van der Waals surface area contributed by atoms with E-state index >= 15 is 0 Å². The fraction of sp³-hybridized carbons (Fsp3) is 0.786. The lowest BCUT2D eigenvalue weighted by Crippen LogP contribution is -2.45. The molecule has 1 fully saturated rings. The smallest absolute Gasteiger partial charge is 0.236 e. The van der Waals surface area contributed by atoms with Gasteiger partial charge in [0.05, 0.1) is 6.54 Å². The molecule has 0 aromatic rings. The van der Waals surface area contributed by atoms with Gasteiger partial charge in [-0.2, -0.15) is 0 Å². The van der Waals surface area contributed by atoms with Crippen LogP contribution in [0.5, 0.6) is 0 Å². The van der Waals surface area contributed by atoms with Crippen molar-refractivity contribution >= 4 is 5.91 Å². The van der Waals surface area contributed by atoms with Crippen molar-refractivity contribution < 1.29 is 4.79 Å². The van der Waals surface area contributed by atoms with Crippen LogP contribution in [0.3, 0.4) is 0 Å². The first-order valence-corrected chi connectivity index (χ1v) is 6.77. The average molecular weight is 238 g/mol.